The van der Waals surface area contributed by atoms with Crippen molar-refractivity contribution >= 4 is 0 Å². The molecule has 0 aromatic carbocycles. The second kappa shape index (κ2) is 8.24. The van der Waals surface area contributed by atoms with Crippen molar-refractivity contribution in [3.8, 4) is 0 Å². The van der Waals surface area contributed by atoms with Gasteiger partial charge in [0.05, 0.1) is 12.7 Å². The fourth-order valence-electron chi connectivity index (χ4n) is 0.704. The lowest BCUT2D eigenvalue weighted by molar-refractivity contribution is 0.225. The normalized spacial score (nSPS) is 15.2. The summed E-state index contributed by atoms with van der Waals surface area (Å²) in [6.07, 6.45) is 10.8. The molecule has 1 unspecified atom stereocenters. The number of hydrogen-bond acceptors (Lipinski definition) is 2. The highest BCUT2D eigenvalue weighted by Crippen LogP contribution is 1.95. The smallest absolute Gasteiger partial charge is 0.0756 e. The van der Waals surface area contributed by atoms with Gasteiger partial charge in [-0.1, -0.05) is 36.5 Å². The predicted octanol–water partition coefficient (Wildman–Crippen LogP) is 1.42. The molecular weight excluding hydrogens is 152 g/mol. The SMILES string of the molecule is CC=CC=CCC(O)C=CCO. The molecule has 0 aromatic heterocycles. The van der Waals surface area contributed by atoms with Gasteiger partial charge in [0.2, 0.25) is 0 Å². The summed E-state index contributed by atoms with van der Waals surface area (Å²) < 4.78 is 0. The Bertz CT molecular complexity index is 169. The van der Waals surface area contributed by atoms with Gasteiger partial charge in [0.15, 0.2) is 0 Å². The van der Waals surface area contributed by atoms with Gasteiger partial charge in [-0.25, -0.2) is 0 Å². The van der Waals surface area contributed by atoms with Crippen molar-refractivity contribution in [2.24, 2.45) is 0 Å². The topological polar surface area (TPSA) is 40.5 Å². The van der Waals surface area contributed by atoms with Crippen molar-refractivity contribution in [3.05, 3.63) is 36.5 Å². The lowest BCUT2D eigenvalue weighted by Crippen LogP contribution is -1.99. The highest BCUT2D eigenvalue weighted by atomic mass is 16.3. The van der Waals surface area contributed by atoms with E-state index in [0.717, 1.165) is 0 Å². The van der Waals surface area contributed by atoms with E-state index in [1.54, 1.807) is 6.08 Å². The molecular formula is C10H16O2. The van der Waals surface area contributed by atoms with Crippen molar-refractivity contribution in [2.45, 2.75) is 19.4 Å². The quantitative estimate of drug-likeness (QED) is 0.481. The zero-order valence-corrected chi connectivity index (χ0v) is 7.35. The molecule has 0 heterocycles. The second-order valence-electron chi connectivity index (χ2n) is 2.37. The highest BCUT2D eigenvalue weighted by molar-refractivity contribution is 5.03. The van der Waals surface area contributed by atoms with Crippen LogP contribution in [0.2, 0.25) is 0 Å². The molecule has 12 heavy (non-hydrogen) atoms. The monoisotopic (exact) mass is 168 g/mol. The minimum Gasteiger partial charge on any atom is -0.392 e. The Hall–Kier alpha value is -0.860. The summed E-state index contributed by atoms with van der Waals surface area (Å²) >= 11 is 0. The Labute approximate surface area is 73.5 Å². The largest absolute Gasteiger partial charge is 0.392 e. The third-order valence-electron chi connectivity index (χ3n) is 1.28. The van der Waals surface area contributed by atoms with Gasteiger partial charge in [-0.2, -0.15) is 0 Å². The minimum absolute atomic E-state index is 0.0182. The van der Waals surface area contributed by atoms with Crippen LogP contribution in [0.4, 0.5) is 0 Å². The van der Waals surface area contributed by atoms with E-state index >= 15 is 0 Å². The summed E-state index contributed by atoms with van der Waals surface area (Å²) in [7, 11) is 0. The van der Waals surface area contributed by atoms with Crippen molar-refractivity contribution in [1.82, 2.24) is 0 Å². The van der Waals surface area contributed by atoms with E-state index in [-0.39, 0.29) is 6.61 Å². The standard InChI is InChI=1S/C10H16O2/c1-2-3-4-5-7-10(12)8-6-9-11/h2-6,8,10-12H,7,9H2,1H3. The van der Waals surface area contributed by atoms with Crippen LogP contribution in [-0.2, 0) is 0 Å². The third kappa shape index (κ3) is 7.25. The van der Waals surface area contributed by atoms with E-state index < -0.39 is 6.10 Å². The maximum absolute atomic E-state index is 9.21. The number of aliphatic hydroxyl groups excluding tert-OH is 2. The number of rotatable bonds is 5. The molecule has 0 aliphatic carbocycles. The van der Waals surface area contributed by atoms with E-state index in [9.17, 15) is 5.11 Å². The van der Waals surface area contributed by atoms with Crippen LogP contribution in [0.15, 0.2) is 36.5 Å². The first-order valence-electron chi connectivity index (χ1n) is 4.04. The van der Waals surface area contributed by atoms with Gasteiger partial charge in [0.1, 0.15) is 0 Å². The van der Waals surface area contributed by atoms with Crippen LogP contribution in [0, 0.1) is 0 Å². The molecule has 0 bridgehead atoms. The maximum atomic E-state index is 9.21. The average molecular weight is 168 g/mol. The van der Waals surface area contributed by atoms with E-state index in [1.165, 1.54) is 6.08 Å². The molecule has 0 aliphatic rings. The van der Waals surface area contributed by atoms with Gasteiger partial charge in [0.25, 0.3) is 0 Å². The van der Waals surface area contributed by atoms with Crippen molar-refractivity contribution in [2.75, 3.05) is 6.61 Å². The van der Waals surface area contributed by atoms with Gasteiger partial charge in [-0.15, -0.1) is 0 Å². The third-order valence-corrected chi connectivity index (χ3v) is 1.28. The summed E-state index contributed by atoms with van der Waals surface area (Å²) in [5.41, 5.74) is 0. The summed E-state index contributed by atoms with van der Waals surface area (Å²) in [6.45, 7) is 1.92. The Kier molecular flexibility index (Phi) is 7.65. The maximum Gasteiger partial charge on any atom is 0.0756 e. The number of aliphatic hydroxyl groups is 2. The molecule has 2 N–H and O–H groups in total. The predicted molar refractivity (Wildman–Crippen MR) is 50.8 cm³/mol. The van der Waals surface area contributed by atoms with E-state index in [1.807, 2.05) is 31.2 Å². The molecule has 0 aromatic rings. The molecule has 2 heteroatoms. The molecule has 0 radical (unpaired) electrons. The zero-order chi connectivity index (χ0) is 9.23. The highest BCUT2D eigenvalue weighted by Gasteiger charge is 1.92. The molecule has 1 atom stereocenters. The zero-order valence-electron chi connectivity index (χ0n) is 7.35. The Balaban J connectivity index is 3.55. The van der Waals surface area contributed by atoms with Crippen LogP contribution in [0.3, 0.4) is 0 Å². The molecule has 68 valence electrons. The van der Waals surface area contributed by atoms with Crippen LogP contribution in [-0.4, -0.2) is 22.9 Å². The van der Waals surface area contributed by atoms with Crippen molar-refractivity contribution in [1.29, 1.82) is 0 Å². The molecule has 0 fully saturated rings. The molecule has 2 nitrogen and oxygen atoms in total. The molecule has 0 saturated heterocycles. The molecule has 0 rings (SSSR count). The van der Waals surface area contributed by atoms with Crippen LogP contribution < -0.4 is 0 Å². The average Bonchev–Trinajstić information content (AvgIpc) is 2.09. The lowest BCUT2D eigenvalue weighted by atomic mass is 10.2. The number of allylic oxidation sites excluding steroid dienone is 3. The Morgan fingerprint density at radius 3 is 2.58 bits per heavy atom. The van der Waals surface area contributed by atoms with Crippen LogP contribution in [0.1, 0.15) is 13.3 Å². The van der Waals surface area contributed by atoms with Crippen LogP contribution in [0.5, 0.6) is 0 Å². The minimum atomic E-state index is -0.487. The summed E-state index contributed by atoms with van der Waals surface area (Å²) in [5, 5.41) is 17.6. The first kappa shape index (κ1) is 11.1. The molecule has 0 saturated carbocycles. The fraction of sp³-hybridized carbons (Fsp3) is 0.400. The fourth-order valence-corrected chi connectivity index (χ4v) is 0.704. The van der Waals surface area contributed by atoms with Crippen molar-refractivity contribution in [3.63, 3.8) is 0 Å². The molecule has 0 aliphatic heterocycles. The lowest BCUT2D eigenvalue weighted by Gasteiger charge is -1.98. The first-order valence-corrected chi connectivity index (χ1v) is 4.04. The van der Waals surface area contributed by atoms with Gasteiger partial charge >= 0.3 is 0 Å². The second-order valence-corrected chi connectivity index (χ2v) is 2.37. The number of hydrogen-bond donors (Lipinski definition) is 2. The molecule has 0 spiro atoms. The van der Waals surface area contributed by atoms with Gasteiger partial charge in [0, 0.05) is 0 Å². The van der Waals surface area contributed by atoms with Gasteiger partial charge < -0.3 is 10.2 Å². The van der Waals surface area contributed by atoms with E-state index in [0.29, 0.717) is 6.42 Å². The van der Waals surface area contributed by atoms with Crippen LogP contribution in [0.25, 0.3) is 0 Å². The van der Waals surface area contributed by atoms with Crippen molar-refractivity contribution < 1.29 is 10.2 Å². The summed E-state index contributed by atoms with van der Waals surface area (Å²) in [6, 6.07) is 0. The molecule has 0 amide bonds. The van der Waals surface area contributed by atoms with Gasteiger partial charge in [-0.05, 0) is 13.3 Å². The summed E-state index contributed by atoms with van der Waals surface area (Å²) in [4.78, 5) is 0. The Morgan fingerprint density at radius 1 is 1.25 bits per heavy atom. The van der Waals surface area contributed by atoms with E-state index in [2.05, 4.69) is 0 Å². The summed E-state index contributed by atoms with van der Waals surface area (Å²) in [5.74, 6) is 0. The first-order chi connectivity index (χ1) is 5.81. The van der Waals surface area contributed by atoms with E-state index in [4.69, 9.17) is 5.11 Å². The van der Waals surface area contributed by atoms with Gasteiger partial charge in [-0.3, -0.25) is 0 Å². The Morgan fingerprint density at radius 2 is 2.00 bits per heavy atom. The van der Waals surface area contributed by atoms with Crippen LogP contribution >= 0.6 is 0 Å².